The molecule has 0 spiro atoms. The summed E-state index contributed by atoms with van der Waals surface area (Å²) in [4.78, 5) is 10.3. The zero-order chi connectivity index (χ0) is 12.5. The van der Waals surface area contributed by atoms with Crippen molar-refractivity contribution in [1.29, 1.82) is 0 Å². The first-order valence-electron chi connectivity index (χ1n) is 5.60. The predicted octanol–water partition coefficient (Wildman–Crippen LogP) is 3.18. The molecule has 1 rings (SSSR count). The van der Waals surface area contributed by atoms with Crippen LogP contribution in [0.15, 0.2) is 30.3 Å². The second kappa shape index (κ2) is 7.79. The number of aliphatic carboxylic acids is 1. The molecule has 1 aromatic carbocycles. The molecule has 0 atom stereocenters. The van der Waals surface area contributed by atoms with Crippen LogP contribution in [0.5, 0.6) is 0 Å². The summed E-state index contributed by atoms with van der Waals surface area (Å²) < 4.78 is 5.42. The summed E-state index contributed by atoms with van der Waals surface area (Å²) in [7, 11) is 0. The van der Waals surface area contributed by atoms with E-state index in [1.807, 2.05) is 30.3 Å². The number of carboxylic acids is 1. The smallest absolute Gasteiger partial charge is 0.303 e. The van der Waals surface area contributed by atoms with Crippen molar-refractivity contribution < 1.29 is 14.6 Å². The van der Waals surface area contributed by atoms with Crippen LogP contribution in [-0.4, -0.2) is 16.1 Å². The normalized spacial score (nSPS) is 9.88. The van der Waals surface area contributed by atoms with Crippen LogP contribution in [0.25, 0.3) is 0 Å². The van der Waals surface area contributed by atoms with Gasteiger partial charge in [0.2, 0.25) is 0 Å². The maximum Gasteiger partial charge on any atom is 0.303 e. The Labute approximate surface area is 106 Å². The Bertz CT molecular complexity index is 362. The zero-order valence-electron chi connectivity index (χ0n) is 9.59. The van der Waals surface area contributed by atoms with Gasteiger partial charge in [0.25, 0.3) is 0 Å². The minimum Gasteiger partial charge on any atom is -0.482 e. The quantitative estimate of drug-likeness (QED) is 0.598. The highest BCUT2D eigenvalue weighted by Gasteiger charge is 2.01. The first-order valence-corrected chi connectivity index (χ1v) is 6.00. The van der Waals surface area contributed by atoms with Gasteiger partial charge in [-0.3, -0.25) is 4.79 Å². The SMILES string of the molecule is O=C(O)CCCCC(=S)OCc1ccccc1. The Balaban J connectivity index is 2.11. The highest BCUT2D eigenvalue weighted by Crippen LogP contribution is 2.06. The average Bonchev–Trinajstić information content (AvgIpc) is 2.33. The van der Waals surface area contributed by atoms with Crippen LogP contribution in [0.4, 0.5) is 0 Å². The van der Waals surface area contributed by atoms with Crippen LogP contribution in [0.1, 0.15) is 31.2 Å². The number of thiocarbonyl (C=S) groups is 1. The van der Waals surface area contributed by atoms with E-state index in [2.05, 4.69) is 0 Å². The summed E-state index contributed by atoms with van der Waals surface area (Å²) in [6.45, 7) is 0.485. The van der Waals surface area contributed by atoms with Crippen molar-refractivity contribution >= 4 is 23.2 Å². The van der Waals surface area contributed by atoms with E-state index in [0.717, 1.165) is 12.0 Å². The lowest BCUT2D eigenvalue weighted by Crippen LogP contribution is -2.02. The van der Waals surface area contributed by atoms with Crippen LogP contribution in [0, 0.1) is 0 Å². The topological polar surface area (TPSA) is 46.5 Å². The van der Waals surface area contributed by atoms with Crippen molar-refractivity contribution in [2.45, 2.75) is 32.3 Å². The van der Waals surface area contributed by atoms with Crippen LogP contribution in [-0.2, 0) is 16.1 Å². The molecule has 0 saturated carbocycles. The standard InChI is InChI=1S/C13H16O3S/c14-12(15)8-4-5-9-13(17)16-10-11-6-2-1-3-7-11/h1-3,6-7H,4-5,8-10H2,(H,14,15). The lowest BCUT2D eigenvalue weighted by atomic mass is 10.2. The molecule has 0 saturated heterocycles. The van der Waals surface area contributed by atoms with Crippen LogP contribution >= 0.6 is 12.2 Å². The third-order valence-electron chi connectivity index (χ3n) is 2.26. The van der Waals surface area contributed by atoms with Gasteiger partial charge < -0.3 is 9.84 Å². The fourth-order valence-electron chi connectivity index (χ4n) is 1.36. The lowest BCUT2D eigenvalue weighted by Gasteiger charge is -2.06. The molecule has 0 aliphatic rings. The molecule has 17 heavy (non-hydrogen) atoms. The molecule has 3 nitrogen and oxygen atoms in total. The van der Waals surface area contributed by atoms with Gasteiger partial charge in [-0.2, -0.15) is 0 Å². The van der Waals surface area contributed by atoms with Crippen molar-refractivity contribution in [3.63, 3.8) is 0 Å². The van der Waals surface area contributed by atoms with E-state index in [0.29, 0.717) is 24.5 Å². The Hall–Kier alpha value is -1.42. The zero-order valence-corrected chi connectivity index (χ0v) is 10.4. The molecule has 1 aromatic rings. The van der Waals surface area contributed by atoms with Gasteiger partial charge in [0.15, 0.2) is 5.05 Å². The molecule has 4 heteroatoms. The summed E-state index contributed by atoms with van der Waals surface area (Å²) in [5.74, 6) is -0.763. The molecule has 0 radical (unpaired) electrons. The third kappa shape index (κ3) is 6.68. The van der Waals surface area contributed by atoms with Gasteiger partial charge in [0.1, 0.15) is 6.61 Å². The molecule has 0 aromatic heterocycles. The minimum atomic E-state index is -0.763. The number of carboxylic acid groups (broad SMARTS) is 1. The summed E-state index contributed by atoms with van der Waals surface area (Å²) in [6, 6.07) is 9.82. The van der Waals surface area contributed by atoms with E-state index in [-0.39, 0.29) is 6.42 Å². The summed E-state index contributed by atoms with van der Waals surface area (Å²) >= 11 is 5.06. The monoisotopic (exact) mass is 252 g/mol. The van der Waals surface area contributed by atoms with E-state index < -0.39 is 5.97 Å². The fraction of sp³-hybridized carbons (Fsp3) is 0.385. The number of hydrogen-bond acceptors (Lipinski definition) is 3. The third-order valence-corrected chi connectivity index (χ3v) is 2.59. The summed E-state index contributed by atoms with van der Waals surface area (Å²) in [5.41, 5.74) is 1.08. The van der Waals surface area contributed by atoms with E-state index in [1.54, 1.807) is 0 Å². The summed E-state index contributed by atoms with van der Waals surface area (Å²) in [6.07, 6.45) is 2.25. The van der Waals surface area contributed by atoms with Crippen molar-refractivity contribution in [3.05, 3.63) is 35.9 Å². The maximum atomic E-state index is 10.3. The number of ether oxygens (including phenoxy) is 1. The Morgan fingerprint density at radius 3 is 2.47 bits per heavy atom. The number of rotatable bonds is 7. The van der Waals surface area contributed by atoms with Crippen molar-refractivity contribution in [3.8, 4) is 0 Å². The maximum absolute atomic E-state index is 10.3. The van der Waals surface area contributed by atoms with Gasteiger partial charge in [-0.05, 0) is 30.6 Å². The molecule has 0 heterocycles. The second-order valence-corrected chi connectivity index (χ2v) is 4.20. The van der Waals surface area contributed by atoms with E-state index in [4.69, 9.17) is 22.1 Å². The molecule has 0 unspecified atom stereocenters. The van der Waals surface area contributed by atoms with E-state index >= 15 is 0 Å². The average molecular weight is 252 g/mol. The van der Waals surface area contributed by atoms with Gasteiger partial charge in [0.05, 0.1) is 0 Å². The molecule has 0 aliphatic carbocycles. The minimum absolute atomic E-state index is 0.196. The Morgan fingerprint density at radius 2 is 1.82 bits per heavy atom. The van der Waals surface area contributed by atoms with Gasteiger partial charge in [0, 0.05) is 12.8 Å². The number of unbranched alkanes of at least 4 members (excludes halogenated alkanes) is 1. The molecule has 92 valence electrons. The molecular weight excluding hydrogens is 236 g/mol. The highest BCUT2D eigenvalue weighted by atomic mass is 32.1. The Morgan fingerprint density at radius 1 is 1.18 bits per heavy atom. The van der Waals surface area contributed by atoms with Crippen LogP contribution in [0.3, 0.4) is 0 Å². The van der Waals surface area contributed by atoms with Crippen molar-refractivity contribution in [2.75, 3.05) is 0 Å². The Kier molecular flexibility index (Phi) is 6.25. The first kappa shape index (κ1) is 13.6. The van der Waals surface area contributed by atoms with Crippen molar-refractivity contribution in [2.24, 2.45) is 0 Å². The number of benzene rings is 1. The van der Waals surface area contributed by atoms with Gasteiger partial charge in [-0.25, -0.2) is 0 Å². The van der Waals surface area contributed by atoms with Gasteiger partial charge >= 0.3 is 5.97 Å². The molecule has 0 aliphatic heterocycles. The first-order chi connectivity index (χ1) is 8.18. The number of hydrogen-bond donors (Lipinski definition) is 1. The van der Waals surface area contributed by atoms with Crippen molar-refractivity contribution in [1.82, 2.24) is 0 Å². The highest BCUT2D eigenvalue weighted by molar-refractivity contribution is 7.80. The second-order valence-electron chi connectivity index (χ2n) is 3.75. The molecule has 0 amide bonds. The van der Waals surface area contributed by atoms with E-state index in [9.17, 15) is 4.79 Å². The van der Waals surface area contributed by atoms with Gasteiger partial charge in [-0.1, -0.05) is 30.3 Å². The largest absolute Gasteiger partial charge is 0.482 e. The lowest BCUT2D eigenvalue weighted by molar-refractivity contribution is -0.137. The van der Waals surface area contributed by atoms with Crippen LogP contribution in [0.2, 0.25) is 0 Å². The molecular formula is C13H16O3S. The number of carbonyl (C=O) groups is 1. The molecule has 0 fully saturated rings. The van der Waals surface area contributed by atoms with Gasteiger partial charge in [-0.15, -0.1) is 0 Å². The fourth-order valence-corrected chi connectivity index (χ4v) is 1.56. The summed E-state index contributed by atoms with van der Waals surface area (Å²) in [5, 5.41) is 9.02. The molecule has 0 bridgehead atoms. The predicted molar refractivity (Wildman–Crippen MR) is 69.9 cm³/mol. The van der Waals surface area contributed by atoms with Crippen LogP contribution < -0.4 is 0 Å². The van der Waals surface area contributed by atoms with E-state index in [1.165, 1.54) is 0 Å². The molecule has 1 N–H and O–H groups in total.